The lowest BCUT2D eigenvalue weighted by atomic mass is 9.95. The minimum absolute atomic E-state index is 0.141. The van der Waals surface area contributed by atoms with Gasteiger partial charge in [-0.25, -0.2) is 0 Å². The maximum Gasteiger partial charge on any atom is 0.129 e. The van der Waals surface area contributed by atoms with E-state index in [-0.39, 0.29) is 18.8 Å². The second-order valence-electron chi connectivity index (χ2n) is 5.02. The Bertz CT molecular complexity index is 328. The second kappa shape index (κ2) is 8.32. The zero-order valence-corrected chi connectivity index (χ0v) is 11.8. The summed E-state index contributed by atoms with van der Waals surface area (Å²) in [7, 11) is 0. The van der Waals surface area contributed by atoms with E-state index in [2.05, 4.69) is 12.2 Å². The molecule has 0 fully saturated rings. The molecule has 1 heterocycles. The third-order valence-electron chi connectivity index (χ3n) is 3.34. The Kier molecular flexibility index (Phi) is 7.09. The predicted molar refractivity (Wildman–Crippen MR) is 72.8 cm³/mol. The van der Waals surface area contributed by atoms with Gasteiger partial charge in [-0.1, -0.05) is 6.92 Å². The fraction of sp³-hybridized carbons (Fsp3) is 0.714. The van der Waals surface area contributed by atoms with Crippen LogP contribution in [0.1, 0.15) is 32.4 Å². The minimum atomic E-state index is -0.570. The van der Waals surface area contributed by atoms with Crippen molar-refractivity contribution in [3.63, 3.8) is 0 Å². The normalized spacial score (nSPS) is 16.2. The van der Waals surface area contributed by atoms with E-state index in [1.165, 1.54) is 0 Å². The van der Waals surface area contributed by atoms with Crippen LogP contribution in [0.2, 0.25) is 0 Å². The monoisotopic (exact) mass is 271 g/mol. The van der Waals surface area contributed by atoms with Gasteiger partial charge in [-0.05, 0) is 31.9 Å². The van der Waals surface area contributed by atoms with Gasteiger partial charge >= 0.3 is 0 Å². The number of hydrogen-bond acceptors (Lipinski definition) is 5. The molecule has 1 aromatic rings. The molecule has 0 aromatic carbocycles. The van der Waals surface area contributed by atoms with Crippen molar-refractivity contribution in [3.05, 3.63) is 24.2 Å². The first-order chi connectivity index (χ1) is 9.09. The third-order valence-corrected chi connectivity index (χ3v) is 3.34. The number of hydrogen-bond donors (Lipinski definition) is 3. The highest BCUT2D eigenvalue weighted by Crippen LogP contribution is 2.13. The number of aliphatic hydroxyl groups excluding tert-OH is 2. The molecule has 5 nitrogen and oxygen atoms in total. The molecule has 2 atom stereocenters. The molecule has 0 saturated carbocycles. The zero-order chi connectivity index (χ0) is 14.1. The SMILES string of the molecule is CCC(C)(CCO)NCC(O)COCc1ccco1. The summed E-state index contributed by atoms with van der Waals surface area (Å²) in [5.74, 6) is 0.749. The Labute approximate surface area is 114 Å². The molecule has 0 bridgehead atoms. The summed E-state index contributed by atoms with van der Waals surface area (Å²) in [6, 6.07) is 3.64. The summed E-state index contributed by atoms with van der Waals surface area (Å²) in [6.45, 7) is 5.31. The molecular formula is C14H25NO4. The summed E-state index contributed by atoms with van der Waals surface area (Å²) in [5.41, 5.74) is -0.142. The molecule has 0 aliphatic carbocycles. The smallest absolute Gasteiger partial charge is 0.129 e. The van der Waals surface area contributed by atoms with Gasteiger partial charge in [0, 0.05) is 18.7 Å². The zero-order valence-electron chi connectivity index (χ0n) is 11.8. The van der Waals surface area contributed by atoms with Crippen LogP contribution in [0.25, 0.3) is 0 Å². The van der Waals surface area contributed by atoms with Crippen molar-refractivity contribution in [2.45, 2.75) is 44.9 Å². The van der Waals surface area contributed by atoms with Crippen LogP contribution < -0.4 is 5.32 Å². The van der Waals surface area contributed by atoms with E-state index in [1.807, 2.05) is 13.0 Å². The standard InChI is InChI=1S/C14H25NO4/c1-3-14(2,6-7-16)15-9-12(17)10-18-11-13-5-4-8-19-13/h4-5,8,12,15-17H,3,6-7,9-11H2,1-2H3. The molecule has 0 saturated heterocycles. The average molecular weight is 271 g/mol. The highest BCUT2D eigenvalue weighted by atomic mass is 16.5. The maximum atomic E-state index is 9.82. The van der Waals surface area contributed by atoms with Crippen LogP contribution in [0, 0.1) is 0 Å². The summed E-state index contributed by atoms with van der Waals surface area (Å²) in [6.07, 6.45) is 2.59. The summed E-state index contributed by atoms with van der Waals surface area (Å²) in [5, 5.41) is 22.1. The molecule has 0 amide bonds. The third kappa shape index (κ3) is 6.20. The molecule has 0 spiro atoms. The lowest BCUT2D eigenvalue weighted by Gasteiger charge is -2.30. The van der Waals surface area contributed by atoms with E-state index in [0.29, 0.717) is 19.6 Å². The molecule has 0 aliphatic rings. The topological polar surface area (TPSA) is 74.9 Å². The summed E-state index contributed by atoms with van der Waals surface area (Å²) < 4.78 is 10.5. The van der Waals surface area contributed by atoms with E-state index in [4.69, 9.17) is 14.3 Å². The molecule has 3 N–H and O–H groups in total. The Hall–Kier alpha value is -0.880. The van der Waals surface area contributed by atoms with Gasteiger partial charge < -0.3 is 24.7 Å². The van der Waals surface area contributed by atoms with E-state index in [0.717, 1.165) is 12.2 Å². The van der Waals surface area contributed by atoms with Crippen molar-refractivity contribution >= 4 is 0 Å². The molecule has 0 radical (unpaired) electrons. The predicted octanol–water partition coefficient (Wildman–Crippen LogP) is 1.30. The van der Waals surface area contributed by atoms with Crippen LogP contribution in [0.5, 0.6) is 0 Å². The number of rotatable bonds is 10. The Morgan fingerprint density at radius 1 is 1.53 bits per heavy atom. The van der Waals surface area contributed by atoms with Crippen LogP contribution in [0.4, 0.5) is 0 Å². The van der Waals surface area contributed by atoms with E-state index >= 15 is 0 Å². The van der Waals surface area contributed by atoms with Crippen LogP contribution in [-0.2, 0) is 11.3 Å². The fourth-order valence-corrected chi connectivity index (χ4v) is 1.75. The Balaban J connectivity index is 2.18. The van der Waals surface area contributed by atoms with Gasteiger partial charge in [0.05, 0.1) is 19.0 Å². The average Bonchev–Trinajstić information content (AvgIpc) is 2.90. The van der Waals surface area contributed by atoms with Gasteiger partial charge in [-0.3, -0.25) is 0 Å². The van der Waals surface area contributed by atoms with Crippen LogP contribution in [-0.4, -0.2) is 41.6 Å². The summed E-state index contributed by atoms with van der Waals surface area (Å²) in [4.78, 5) is 0. The van der Waals surface area contributed by atoms with Gasteiger partial charge in [0.15, 0.2) is 0 Å². The van der Waals surface area contributed by atoms with Gasteiger partial charge in [0.2, 0.25) is 0 Å². The Morgan fingerprint density at radius 3 is 2.89 bits per heavy atom. The van der Waals surface area contributed by atoms with Gasteiger partial charge in [0.25, 0.3) is 0 Å². The molecule has 19 heavy (non-hydrogen) atoms. The number of aliphatic hydroxyl groups is 2. The van der Waals surface area contributed by atoms with Crippen molar-refractivity contribution in [2.75, 3.05) is 19.8 Å². The lowest BCUT2D eigenvalue weighted by Crippen LogP contribution is -2.46. The molecular weight excluding hydrogens is 246 g/mol. The fourth-order valence-electron chi connectivity index (χ4n) is 1.75. The van der Waals surface area contributed by atoms with E-state index in [1.54, 1.807) is 12.3 Å². The van der Waals surface area contributed by atoms with Gasteiger partial charge in [-0.15, -0.1) is 0 Å². The van der Waals surface area contributed by atoms with Crippen molar-refractivity contribution in [1.82, 2.24) is 5.32 Å². The van der Waals surface area contributed by atoms with Crippen molar-refractivity contribution < 1.29 is 19.4 Å². The molecule has 1 aromatic heterocycles. The van der Waals surface area contributed by atoms with Crippen molar-refractivity contribution in [2.24, 2.45) is 0 Å². The van der Waals surface area contributed by atoms with Gasteiger partial charge in [0.1, 0.15) is 12.4 Å². The molecule has 110 valence electrons. The molecule has 1 rings (SSSR count). The van der Waals surface area contributed by atoms with Crippen LogP contribution in [0.15, 0.2) is 22.8 Å². The molecule has 5 heteroatoms. The first-order valence-corrected chi connectivity index (χ1v) is 6.73. The van der Waals surface area contributed by atoms with Crippen LogP contribution in [0.3, 0.4) is 0 Å². The molecule has 0 aliphatic heterocycles. The van der Waals surface area contributed by atoms with Gasteiger partial charge in [-0.2, -0.15) is 0 Å². The quantitative estimate of drug-likeness (QED) is 0.598. The van der Waals surface area contributed by atoms with Crippen molar-refractivity contribution in [1.29, 1.82) is 0 Å². The van der Waals surface area contributed by atoms with E-state index < -0.39 is 6.10 Å². The maximum absolute atomic E-state index is 9.82. The second-order valence-corrected chi connectivity index (χ2v) is 5.02. The summed E-state index contributed by atoms with van der Waals surface area (Å²) >= 11 is 0. The van der Waals surface area contributed by atoms with Crippen molar-refractivity contribution in [3.8, 4) is 0 Å². The lowest BCUT2D eigenvalue weighted by molar-refractivity contribution is 0.0184. The highest BCUT2D eigenvalue weighted by Gasteiger charge is 2.21. The van der Waals surface area contributed by atoms with E-state index in [9.17, 15) is 5.11 Å². The first-order valence-electron chi connectivity index (χ1n) is 6.73. The highest BCUT2D eigenvalue weighted by molar-refractivity contribution is 4.96. The first kappa shape index (κ1) is 16.2. The molecule has 2 unspecified atom stereocenters. The Morgan fingerprint density at radius 2 is 2.32 bits per heavy atom. The largest absolute Gasteiger partial charge is 0.467 e. The number of nitrogens with one attached hydrogen (secondary N) is 1. The van der Waals surface area contributed by atoms with Crippen LogP contribution >= 0.6 is 0 Å². The number of ether oxygens (including phenoxy) is 1. The number of furan rings is 1. The number of β-amino-alcohol motifs (C(OH)–C–C–N with tert-alkyl or cyclic N) is 1. The minimum Gasteiger partial charge on any atom is -0.467 e.